The van der Waals surface area contributed by atoms with Gasteiger partial charge in [0.2, 0.25) is 0 Å². The van der Waals surface area contributed by atoms with Crippen LogP contribution in [0.5, 0.6) is 5.75 Å². The van der Waals surface area contributed by atoms with E-state index in [-0.39, 0.29) is 16.9 Å². The van der Waals surface area contributed by atoms with Crippen LogP contribution in [-0.4, -0.2) is 60.9 Å². The molecule has 1 fully saturated rings. The molecular formula is C21H23FN2O5. The molecule has 29 heavy (non-hydrogen) atoms. The average Bonchev–Trinajstić information content (AvgIpc) is 3.29. The summed E-state index contributed by atoms with van der Waals surface area (Å²) in [6.07, 6.45) is 2.07. The molecule has 2 aromatic rings. The zero-order valence-corrected chi connectivity index (χ0v) is 16.5. The molecule has 7 nitrogen and oxygen atoms in total. The van der Waals surface area contributed by atoms with E-state index in [1.807, 2.05) is 19.0 Å². The van der Waals surface area contributed by atoms with Gasteiger partial charge in [-0.05, 0) is 57.4 Å². The third-order valence-electron chi connectivity index (χ3n) is 4.78. The summed E-state index contributed by atoms with van der Waals surface area (Å²) >= 11 is 0. The Morgan fingerprint density at radius 2 is 2.07 bits per heavy atom. The number of hydrogen-bond acceptors (Lipinski definition) is 6. The van der Waals surface area contributed by atoms with Crippen molar-refractivity contribution in [1.82, 2.24) is 9.80 Å². The molecule has 3 rings (SSSR count). The molecule has 0 unspecified atom stereocenters. The maximum atomic E-state index is 14.1. The summed E-state index contributed by atoms with van der Waals surface area (Å²) in [6.45, 7) is 1.03. The summed E-state index contributed by atoms with van der Waals surface area (Å²) < 4.78 is 24.5. The van der Waals surface area contributed by atoms with Crippen LogP contribution in [0.3, 0.4) is 0 Å². The number of aliphatic hydroxyl groups excluding tert-OH is 1. The molecule has 1 N–H and O–H groups in total. The number of furan rings is 1. The van der Waals surface area contributed by atoms with Crippen LogP contribution < -0.4 is 4.74 Å². The fourth-order valence-corrected chi connectivity index (χ4v) is 3.38. The monoisotopic (exact) mass is 402 g/mol. The number of rotatable bonds is 7. The van der Waals surface area contributed by atoms with E-state index in [1.165, 1.54) is 30.4 Å². The summed E-state index contributed by atoms with van der Waals surface area (Å²) in [5.74, 6) is -2.34. The van der Waals surface area contributed by atoms with Crippen molar-refractivity contribution in [3.8, 4) is 5.75 Å². The molecule has 1 aromatic heterocycles. The van der Waals surface area contributed by atoms with E-state index in [9.17, 15) is 19.1 Å². The lowest BCUT2D eigenvalue weighted by atomic mass is 9.99. The highest BCUT2D eigenvalue weighted by atomic mass is 19.1. The Hall–Kier alpha value is -3.13. The van der Waals surface area contributed by atoms with Crippen LogP contribution in [0.15, 0.2) is 46.6 Å². The van der Waals surface area contributed by atoms with Gasteiger partial charge in [-0.1, -0.05) is 0 Å². The summed E-state index contributed by atoms with van der Waals surface area (Å²) in [5.41, 5.74) is -0.0504. The highest BCUT2D eigenvalue weighted by Gasteiger charge is 2.47. The first-order valence-corrected chi connectivity index (χ1v) is 9.15. The fourth-order valence-electron chi connectivity index (χ4n) is 3.38. The highest BCUT2D eigenvalue weighted by Crippen LogP contribution is 2.40. The molecule has 1 aromatic carbocycles. The number of Topliss-reactive ketones (excluding diaryl/α,β-unsaturated/α-hetero) is 1. The van der Waals surface area contributed by atoms with Crippen LogP contribution in [-0.2, 0) is 9.59 Å². The Kier molecular flexibility index (Phi) is 6.03. The molecule has 1 aliphatic rings. The van der Waals surface area contributed by atoms with Crippen LogP contribution in [0.1, 0.15) is 23.8 Å². The van der Waals surface area contributed by atoms with E-state index in [0.717, 1.165) is 12.6 Å². The van der Waals surface area contributed by atoms with Crippen molar-refractivity contribution in [3.05, 3.63) is 59.3 Å². The molecule has 1 aliphatic heterocycles. The van der Waals surface area contributed by atoms with E-state index < -0.39 is 29.3 Å². The normalized spacial score (nSPS) is 18.7. The SMILES string of the molecule is COc1ccc(/C(O)=C2\C(=O)C(=O)N(CCCN(C)C)[C@@H]2c2ccco2)cc1F. The first kappa shape index (κ1) is 20.6. The second-order valence-electron chi connectivity index (χ2n) is 7.01. The number of nitrogens with zero attached hydrogens (tertiary/aromatic N) is 2. The van der Waals surface area contributed by atoms with Gasteiger partial charge in [0.05, 0.1) is 18.9 Å². The molecular weight excluding hydrogens is 379 g/mol. The van der Waals surface area contributed by atoms with Gasteiger partial charge < -0.3 is 24.1 Å². The van der Waals surface area contributed by atoms with Gasteiger partial charge in [0, 0.05) is 12.1 Å². The number of likely N-dealkylation sites (tertiary alicyclic amines) is 1. The molecule has 154 valence electrons. The van der Waals surface area contributed by atoms with Crippen LogP contribution in [0.25, 0.3) is 5.76 Å². The van der Waals surface area contributed by atoms with E-state index >= 15 is 0 Å². The minimum Gasteiger partial charge on any atom is -0.507 e. The number of aliphatic hydroxyl groups is 1. The lowest BCUT2D eigenvalue weighted by Crippen LogP contribution is -2.32. The smallest absolute Gasteiger partial charge is 0.295 e. The van der Waals surface area contributed by atoms with Gasteiger partial charge in [0.1, 0.15) is 17.6 Å². The van der Waals surface area contributed by atoms with Crippen LogP contribution >= 0.6 is 0 Å². The molecule has 0 saturated carbocycles. The molecule has 1 saturated heterocycles. The standard InChI is InChI=1S/C21H23FN2O5/c1-23(2)9-5-10-24-18(16-6-4-11-29-16)17(20(26)21(24)27)19(25)13-7-8-15(28-3)14(22)12-13/h4,6-8,11-12,18,25H,5,9-10H2,1-3H3/b19-17+/t18-/m1/s1. The molecule has 1 atom stereocenters. The molecule has 1 amide bonds. The second-order valence-corrected chi connectivity index (χ2v) is 7.01. The zero-order chi connectivity index (χ0) is 21.1. The van der Waals surface area contributed by atoms with E-state index in [2.05, 4.69) is 0 Å². The van der Waals surface area contributed by atoms with Crippen molar-refractivity contribution in [2.45, 2.75) is 12.5 Å². The Morgan fingerprint density at radius 3 is 2.66 bits per heavy atom. The lowest BCUT2D eigenvalue weighted by Gasteiger charge is -2.24. The topological polar surface area (TPSA) is 83.2 Å². The van der Waals surface area contributed by atoms with Crippen molar-refractivity contribution in [3.63, 3.8) is 0 Å². The summed E-state index contributed by atoms with van der Waals surface area (Å²) in [7, 11) is 5.15. The quantitative estimate of drug-likeness (QED) is 0.436. The van der Waals surface area contributed by atoms with Gasteiger partial charge in [-0.15, -0.1) is 0 Å². The fraction of sp³-hybridized carbons (Fsp3) is 0.333. The number of benzene rings is 1. The molecule has 0 aliphatic carbocycles. The average molecular weight is 402 g/mol. The number of methoxy groups -OCH3 is 1. The predicted octanol–water partition coefficient (Wildman–Crippen LogP) is 2.80. The van der Waals surface area contributed by atoms with Crippen molar-refractivity contribution < 1.29 is 28.2 Å². The van der Waals surface area contributed by atoms with Crippen molar-refractivity contribution in [2.24, 2.45) is 0 Å². The van der Waals surface area contributed by atoms with Crippen molar-refractivity contribution in [1.29, 1.82) is 0 Å². The van der Waals surface area contributed by atoms with Gasteiger partial charge in [-0.2, -0.15) is 0 Å². The first-order chi connectivity index (χ1) is 13.8. The zero-order valence-electron chi connectivity index (χ0n) is 16.5. The Bertz CT molecular complexity index is 937. The number of hydrogen-bond donors (Lipinski definition) is 1. The van der Waals surface area contributed by atoms with Crippen LogP contribution in [0, 0.1) is 5.82 Å². The summed E-state index contributed by atoms with van der Waals surface area (Å²) in [4.78, 5) is 28.8. The van der Waals surface area contributed by atoms with E-state index in [4.69, 9.17) is 9.15 Å². The first-order valence-electron chi connectivity index (χ1n) is 9.15. The molecule has 8 heteroatoms. The number of carbonyl (C=O) groups excluding carboxylic acids is 2. The Morgan fingerprint density at radius 1 is 1.31 bits per heavy atom. The minimum absolute atomic E-state index is 0.00766. The van der Waals surface area contributed by atoms with Crippen molar-refractivity contribution in [2.75, 3.05) is 34.3 Å². The third-order valence-corrected chi connectivity index (χ3v) is 4.78. The highest BCUT2D eigenvalue weighted by molar-refractivity contribution is 6.46. The van der Waals surface area contributed by atoms with Crippen molar-refractivity contribution >= 4 is 17.4 Å². The maximum Gasteiger partial charge on any atom is 0.295 e. The van der Waals surface area contributed by atoms with Crippen LogP contribution in [0.4, 0.5) is 4.39 Å². The predicted molar refractivity (Wildman–Crippen MR) is 104 cm³/mol. The lowest BCUT2D eigenvalue weighted by molar-refractivity contribution is -0.140. The van der Waals surface area contributed by atoms with Gasteiger partial charge in [-0.3, -0.25) is 9.59 Å². The Balaban J connectivity index is 2.05. The maximum absolute atomic E-state index is 14.1. The molecule has 0 spiro atoms. The van der Waals surface area contributed by atoms with Gasteiger partial charge >= 0.3 is 0 Å². The number of ketones is 1. The largest absolute Gasteiger partial charge is 0.507 e. The van der Waals surface area contributed by atoms with Gasteiger partial charge in [0.25, 0.3) is 11.7 Å². The van der Waals surface area contributed by atoms with Gasteiger partial charge in [-0.25, -0.2) is 4.39 Å². The van der Waals surface area contributed by atoms with E-state index in [0.29, 0.717) is 18.7 Å². The summed E-state index contributed by atoms with van der Waals surface area (Å²) in [5, 5.41) is 10.8. The third kappa shape index (κ3) is 4.02. The molecule has 0 bridgehead atoms. The van der Waals surface area contributed by atoms with Crippen LogP contribution in [0.2, 0.25) is 0 Å². The second kappa shape index (κ2) is 8.48. The summed E-state index contributed by atoms with van der Waals surface area (Å²) in [6, 6.07) is 6.24. The van der Waals surface area contributed by atoms with Gasteiger partial charge in [0.15, 0.2) is 11.6 Å². The number of ether oxygens (including phenoxy) is 1. The van der Waals surface area contributed by atoms with E-state index in [1.54, 1.807) is 12.1 Å². The number of halogens is 1. The number of amides is 1. The number of carbonyl (C=O) groups is 2. The minimum atomic E-state index is -0.877. The Labute approximate surface area is 168 Å². The molecule has 2 heterocycles. The molecule has 0 radical (unpaired) electrons.